The normalized spacial score (nSPS) is 12.9. The molecular weight excluding hydrogens is 274 g/mol. The average Bonchev–Trinajstić information content (AvgIpc) is 2.37. The number of pyridine rings is 1. The highest BCUT2D eigenvalue weighted by Crippen LogP contribution is 2.25. The van der Waals surface area contributed by atoms with Crippen molar-refractivity contribution in [2.75, 3.05) is 18.9 Å². The third kappa shape index (κ3) is 3.85. The zero-order chi connectivity index (χ0) is 15.5. The van der Waals surface area contributed by atoms with E-state index in [9.17, 15) is 4.79 Å². The van der Waals surface area contributed by atoms with Gasteiger partial charge in [-0.3, -0.25) is 4.79 Å². The molecule has 1 aromatic rings. The van der Waals surface area contributed by atoms with Gasteiger partial charge in [-0.05, 0) is 25.3 Å². The summed E-state index contributed by atoms with van der Waals surface area (Å²) in [6.45, 7) is 11.1. The highest BCUT2D eigenvalue weighted by molar-refractivity contribution is 6.33. The molecule has 20 heavy (non-hydrogen) atoms. The second kappa shape index (κ2) is 6.44. The lowest BCUT2D eigenvalue weighted by Crippen LogP contribution is -2.43. The van der Waals surface area contributed by atoms with Crippen molar-refractivity contribution in [3.8, 4) is 0 Å². The Kier molecular flexibility index (Phi) is 5.40. The van der Waals surface area contributed by atoms with Crippen LogP contribution in [-0.4, -0.2) is 35.4 Å². The number of nitrogens with zero attached hydrogens (tertiary/aromatic N) is 2. The molecule has 0 aromatic carbocycles. The maximum Gasteiger partial charge on any atom is 0.255 e. The molecule has 0 aliphatic rings. The molecule has 1 rings (SSSR count). The molecule has 1 unspecified atom stereocenters. The van der Waals surface area contributed by atoms with Crippen molar-refractivity contribution < 1.29 is 4.79 Å². The van der Waals surface area contributed by atoms with Gasteiger partial charge in [0.2, 0.25) is 0 Å². The van der Waals surface area contributed by atoms with Gasteiger partial charge in [-0.1, -0.05) is 32.4 Å². The van der Waals surface area contributed by atoms with Crippen molar-refractivity contribution in [2.45, 2.75) is 40.7 Å². The number of nitrogens with one attached hydrogen (secondary N) is 1. The van der Waals surface area contributed by atoms with Gasteiger partial charge < -0.3 is 10.2 Å². The molecular formula is C15H24ClN3O. The van der Waals surface area contributed by atoms with E-state index in [4.69, 9.17) is 11.6 Å². The quantitative estimate of drug-likeness (QED) is 0.922. The number of carbonyl (C=O) groups excluding carboxylic acids is 1. The standard InChI is InChI=1S/C15H24ClN3O/c1-7-17-13-12(16)8-11(9-18-13)14(20)19(6)10(2)15(3,4)5/h8-10H,7H2,1-6H3,(H,17,18). The van der Waals surface area contributed by atoms with Crippen LogP contribution in [-0.2, 0) is 0 Å². The molecule has 112 valence electrons. The minimum atomic E-state index is -0.0649. The first-order valence-electron chi connectivity index (χ1n) is 6.85. The van der Waals surface area contributed by atoms with Gasteiger partial charge in [0.05, 0.1) is 10.6 Å². The Morgan fingerprint density at radius 1 is 1.50 bits per heavy atom. The van der Waals surface area contributed by atoms with Crippen LogP contribution in [0, 0.1) is 5.41 Å². The smallest absolute Gasteiger partial charge is 0.255 e. The number of amides is 1. The van der Waals surface area contributed by atoms with Crippen LogP contribution >= 0.6 is 11.6 Å². The molecule has 0 aliphatic carbocycles. The lowest BCUT2D eigenvalue weighted by molar-refractivity contribution is 0.0629. The summed E-state index contributed by atoms with van der Waals surface area (Å²) in [5.41, 5.74) is 0.529. The van der Waals surface area contributed by atoms with Crippen LogP contribution in [0.2, 0.25) is 5.02 Å². The predicted octanol–water partition coefficient (Wildman–Crippen LogP) is 3.67. The van der Waals surface area contributed by atoms with Crippen molar-refractivity contribution in [1.29, 1.82) is 0 Å². The molecule has 0 spiro atoms. The van der Waals surface area contributed by atoms with E-state index in [0.29, 0.717) is 16.4 Å². The number of hydrogen-bond acceptors (Lipinski definition) is 3. The second-order valence-electron chi connectivity index (χ2n) is 6.04. The van der Waals surface area contributed by atoms with E-state index in [1.54, 1.807) is 17.2 Å². The van der Waals surface area contributed by atoms with Crippen LogP contribution in [0.25, 0.3) is 0 Å². The fourth-order valence-corrected chi connectivity index (χ4v) is 2.05. The van der Waals surface area contributed by atoms with Crippen molar-refractivity contribution >= 4 is 23.3 Å². The Hall–Kier alpha value is -1.29. The Morgan fingerprint density at radius 2 is 2.10 bits per heavy atom. The zero-order valence-corrected chi connectivity index (χ0v) is 13.9. The topological polar surface area (TPSA) is 45.2 Å². The second-order valence-corrected chi connectivity index (χ2v) is 6.45. The number of anilines is 1. The summed E-state index contributed by atoms with van der Waals surface area (Å²) in [5.74, 6) is 0.544. The third-order valence-corrected chi connectivity index (χ3v) is 3.88. The predicted molar refractivity (Wildman–Crippen MR) is 84.4 cm³/mol. The zero-order valence-electron chi connectivity index (χ0n) is 13.1. The van der Waals surface area contributed by atoms with Gasteiger partial charge in [-0.2, -0.15) is 0 Å². The van der Waals surface area contributed by atoms with Crippen LogP contribution in [0.1, 0.15) is 45.0 Å². The Labute approximate surface area is 126 Å². The molecule has 0 bridgehead atoms. The van der Waals surface area contributed by atoms with Crippen LogP contribution in [0.3, 0.4) is 0 Å². The molecule has 1 atom stereocenters. The number of aromatic nitrogens is 1. The van der Waals surface area contributed by atoms with E-state index in [-0.39, 0.29) is 17.4 Å². The monoisotopic (exact) mass is 297 g/mol. The number of carbonyl (C=O) groups is 1. The van der Waals surface area contributed by atoms with Crippen LogP contribution < -0.4 is 5.32 Å². The largest absolute Gasteiger partial charge is 0.369 e. The third-order valence-electron chi connectivity index (χ3n) is 3.59. The molecule has 1 N–H and O–H groups in total. The molecule has 0 aliphatic heterocycles. The lowest BCUT2D eigenvalue weighted by atomic mass is 9.87. The number of hydrogen-bond donors (Lipinski definition) is 1. The fraction of sp³-hybridized carbons (Fsp3) is 0.600. The first-order chi connectivity index (χ1) is 9.18. The molecule has 1 amide bonds. The van der Waals surface area contributed by atoms with Crippen LogP contribution in [0.5, 0.6) is 0 Å². The van der Waals surface area contributed by atoms with Gasteiger partial charge in [0.15, 0.2) is 0 Å². The summed E-state index contributed by atoms with van der Waals surface area (Å²) in [7, 11) is 1.81. The molecule has 5 heteroatoms. The molecule has 0 radical (unpaired) electrons. The van der Waals surface area contributed by atoms with Gasteiger partial charge in [0.1, 0.15) is 5.82 Å². The van der Waals surface area contributed by atoms with E-state index in [1.165, 1.54) is 0 Å². The van der Waals surface area contributed by atoms with Gasteiger partial charge in [-0.15, -0.1) is 0 Å². The number of halogens is 1. The first kappa shape index (κ1) is 16.8. The van der Waals surface area contributed by atoms with Crippen molar-refractivity contribution in [1.82, 2.24) is 9.88 Å². The summed E-state index contributed by atoms with van der Waals surface area (Å²) in [6.07, 6.45) is 1.57. The maximum atomic E-state index is 12.5. The number of rotatable bonds is 4. The van der Waals surface area contributed by atoms with Gasteiger partial charge in [0.25, 0.3) is 5.91 Å². The summed E-state index contributed by atoms with van der Waals surface area (Å²) in [4.78, 5) is 18.4. The molecule has 0 saturated heterocycles. The van der Waals surface area contributed by atoms with Crippen molar-refractivity contribution in [3.05, 3.63) is 22.8 Å². The van der Waals surface area contributed by atoms with E-state index in [2.05, 4.69) is 31.1 Å². The van der Waals surface area contributed by atoms with Gasteiger partial charge in [-0.25, -0.2) is 4.98 Å². The minimum Gasteiger partial charge on any atom is -0.369 e. The average molecular weight is 298 g/mol. The molecule has 0 fully saturated rings. The highest BCUT2D eigenvalue weighted by Gasteiger charge is 2.27. The first-order valence-corrected chi connectivity index (χ1v) is 7.22. The van der Waals surface area contributed by atoms with Crippen molar-refractivity contribution in [3.63, 3.8) is 0 Å². The minimum absolute atomic E-state index is 0.0192. The molecule has 4 nitrogen and oxygen atoms in total. The highest BCUT2D eigenvalue weighted by atomic mass is 35.5. The van der Waals surface area contributed by atoms with Gasteiger partial charge >= 0.3 is 0 Å². The maximum absolute atomic E-state index is 12.5. The van der Waals surface area contributed by atoms with Gasteiger partial charge in [0, 0.05) is 25.8 Å². The Balaban J connectivity index is 2.95. The summed E-state index contributed by atoms with van der Waals surface area (Å²) in [5, 5.41) is 3.52. The molecule has 1 aromatic heterocycles. The van der Waals surface area contributed by atoms with Crippen LogP contribution in [0.4, 0.5) is 5.82 Å². The summed E-state index contributed by atoms with van der Waals surface area (Å²) < 4.78 is 0. The Bertz CT molecular complexity index is 482. The fourth-order valence-electron chi connectivity index (χ4n) is 1.81. The lowest BCUT2D eigenvalue weighted by Gasteiger charge is -2.35. The molecule has 0 saturated carbocycles. The summed E-state index contributed by atoms with van der Waals surface area (Å²) in [6, 6.07) is 1.78. The van der Waals surface area contributed by atoms with E-state index >= 15 is 0 Å². The van der Waals surface area contributed by atoms with Crippen LogP contribution in [0.15, 0.2) is 12.3 Å². The SMILES string of the molecule is CCNc1ncc(C(=O)N(C)C(C)C(C)(C)C)cc1Cl. The van der Waals surface area contributed by atoms with E-state index in [0.717, 1.165) is 6.54 Å². The Morgan fingerprint density at radius 3 is 2.55 bits per heavy atom. The summed E-state index contributed by atoms with van der Waals surface area (Å²) >= 11 is 6.13. The van der Waals surface area contributed by atoms with Crippen molar-refractivity contribution in [2.24, 2.45) is 5.41 Å². The van der Waals surface area contributed by atoms with E-state index in [1.807, 2.05) is 20.9 Å². The molecule has 1 heterocycles. The van der Waals surface area contributed by atoms with E-state index < -0.39 is 0 Å².